The number of benzene rings is 2. The third-order valence-electron chi connectivity index (χ3n) is 2.32. The molecule has 0 atom stereocenters. The molecule has 0 amide bonds. The zero-order valence-electron chi connectivity index (χ0n) is 9.22. The topological polar surface area (TPSA) is 60.0 Å². The van der Waals surface area contributed by atoms with Gasteiger partial charge in [-0.15, -0.1) is 0 Å². The number of nitrogens with zero attached hydrogens (tertiary/aromatic N) is 1. The van der Waals surface area contributed by atoms with E-state index in [2.05, 4.69) is 4.99 Å². The van der Waals surface area contributed by atoms with Crippen molar-refractivity contribution < 1.29 is 0 Å². The van der Waals surface area contributed by atoms with Gasteiger partial charge in [-0.1, -0.05) is 66.5 Å². The van der Waals surface area contributed by atoms with Gasteiger partial charge in [0.25, 0.3) is 0 Å². The lowest BCUT2D eigenvalue weighted by atomic mass is 10.2. The van der Waals surface area contributed by atoms with Crippen molar-refractivity contribution in [1.82, 2.24) is 0 Å². The van der Waals surface area contributed by atoms with Gasteiger partial charge in [0.2, 0.25) is 0 Å². The second kappa shape index (κ2) is 5.07. The molecule has 0 aliphatic carbocycles. The zero-order valence-corrected chi connectivity index (χ0v) is 9.22. The van der Waals surface area contributed by atoms with E-state index in [0.29, 0.717) is 11.1 Å². The molecule has 0 aromatic heterocycles. The van der Waals surface area contributed by atoms with Crippen molar-refractivity contribution in [3.63, 3.8) is 0 Å². The van der Waals surface area contributed by atoms with Crippen LogP contribution in [0, 0.1) is 5.41 Å². The van der Waals surface area contributed by atoms with Crippen LogP contribution in [0.2, 0.25) is 0 Å². The Morgan fingerprint density at radius 3 is 1.82 bits per heavy atom. The number of hydrogen-bond acceptors (Lipinski definition) is 1. The average molecular weight is 222 g/mol. The highest BCUT2D eigenvalue weighted by atomic mass is 14.9. The van der Waals surface area contributed by atoms with E-state index in [0.717, 1.165) is 0 Å². The number of nitrogens with one attached hydrogen (secondary N) is 2. The monoisotopic (exact) mass is 222 g/mol. The van der Waals surface area contributed by atoms with Crippen LogP contribution in [0.1, 0.15) is 11.1 Å². The van der Waals surface area contributed by atoms with Gasteiger partial charge in [0.1, 0.15) is 0 Å². The summed E-state index contributed by atoms with van der Waals surface area (Å²) in [5.74, 6) is 0.221. The summed E-state index contributed by atoms with van der Waals surface area (Å²) in [7, 11) is 0. The third kappa shape index (κ3) is 2.78. The summed E-state index contributed by atoms with van der Waals surface area (Å²) < 4.78 is 0. The van der Waals surface area contributed by atoms with Crippen LogP contribution >= 0.6 is 0 Å². The summed E-state index contributed by atoms with van der Waals surface area (Å²) in [6, 6.07) is 18.4. The Labute approximate surface area is 100 Å². The third-order valence-corrected chi connectivity index (χ3v) is 2.32. The molecule has 0 spiro atoms. The van der Waals surface area contributed by atoms with Gasteiger partial charge in [0.15, 0.2) is 0 Å². The predicted octanol–water partition coefficient (Wildman–Crippen LogP) is 3.51. The molecule has 0 saturated heterocycles. The maximum absolute atomic E-state index is 7.80. The number of rotatable bonds is 2. The Kier molecular flexibility index (Phi) is 3.31. The van der Waals surface area contributed by atoms with Gasteiger partial charge in [-0.3, -0.25) is 0 Å². The number of hydrogen-bond donors (Lipinski definition) is 1. The van der Waals surface area contributed by atoms with Gasteiger partial charge < -0.3 is 16.1 Å². The Bertz CT molecular complexity index is 530. The van der Waals surface area contributed by atoms with Crippen molar-refractivity contribution in [3.05, 3.63) is 77.5 Å². The van der Waals surface area contributed by atoms with Gasteiger partial charge in [-0.2, -0.15) is 0 Å². The summed E-state index contributed by atoms with van der Waals surface area (Å²) >= 11 is 0. The van der Waals surface area contributed by atoms with E-state index in [-0.39, 0.29) is 11.7 Å². The van der Waals surface area contributed by atoms with Crippen LogP contribution in [0.25, 0.3) is 5.73 Å². The van der Waals surface area contributed by atoms with Crippen molar-refractivity contribution in [3.8, 4) is 0 Å². The van der Waals surface area contributed by atoms with Crippen LogP contribution in [0.15, 0.2) is 65.7 Å². The molecular formula is C14H12N3-. The van der Waals surface area contributed by atoms with Crippen LogP contribution in [0.5, 0.6) is 0 Å². The van der Waals surface area contributed by atoms with E-state index in [4.69, 9.17) is 11.1 Å². The minimum Gasteiger partial charge on any atom is -0.482 e. The molecule has 17 heavy (non-hydrogen) atoms. The standard InChI is InChI=1S/C14H12N3/c15-13(11-7-3-1-4-8-11)17-14(16)12-9-5-2-6-10-12/h1-10H,(H2-,15,16,17)/q-1. The Balaban J connectivity index is 2.24. The molecule has 2 N–H and O–H groups in total. The van der Waals surface area contributed by atoms with E-state index in [1.807, 2.05) is 60.7 Å². The van der Waals surface area contributed by atoms with Crippen molar-refractivity contribution in [2.75, 3.05) is 0 Å². The molecule has 2 aromatic rings. The Morgan fingerprint density at radius 1 is 0.824 bits per heavy atom. The van der Waals surface area contributed by atoms with Gasteiger partial charge >= 0.3 is 0 Å². The SMILES string of the molecule is N=C(N=C([NH-])c1ccccc1)c1ccccc1. The van der Waals surface area contributed by atoms with Crippen molar-refractivity contribution in [1.29, 1.82) is 5.41 Å². The molecular weight excluding hydrogens is 210 g/mol. The second-order valence-corrected chi connectivity index (χ2v) is 3.54. The lowest BCUT2D eigenvalue weighted by Crippen LogP contribution is -2.01. The maximum atomic E-state index is 7.80. The van der Waals surface area contributed by atoms with E-state index < -0.39 is 0 Å². The Hall–Kier alpha value is -2.42. The smallest absolute Gasteiger partial charge is 0.0492 e. The van der Waals surface area contributed by atoms with Crippen molar-refractivity contribution in [2.24, 2.45) is 4.99 Å². The average Bonchev–Trinajstić information content (AvgIpc) is 2.40. The fourth-order valence-corrected chi connectivity index (χ4v) is 1.43. The summed E-state index contributed by atoms with van der Waals surface area (Å²) in [4.78, 5) is 3.98. The van der Waals surface area contributed by atoms with Crippen LogP contribution in [0.3, 0.4) is 0 Å². The molecule has 0 bridgehead atoms. The molecule has 84 valence electrons. The van der Waals surface area contributed by atoms with Crippen LogP contribution in [0.4, 0.5) is 0 Å². The first-order chi connectivity index (χ1) is 8.27. The normalized spacial score (nSPS) is 11.2. The maximum Gasteiger partial charge on any atom is 0.0492 e. The molecule has 2 aromatic carbocycles. The molecule has 0 aliphatic rings. The van der Waals surface area contributed by atoms with Gasteiger partial charge in [-0.05, 0) is 11.1 Å². The van der Waals surface area contributed by atoms with Crippen molar-refractivity contribution >= 4 is 11.7 Å². The van der Waals surface area contributed by atoms with Gasteiger partial charge in [0.05, 0.1) is 0 Å². The van der Waals surface area contributed by atoms with Gasteiger partial charge in [-0.25, -0.2) is 0 Å². The fraction of sp³-hybridized carbons (Fsp3) is 0. The minimum atomic E-state index is 0.111. The molecule has 3 heteroatoms. The summed E-state index contributed by atoms with van der Waals surface area (Å²) in [5.41, 5.74) is 9.23. The molecule has 0 fully saturated rings. The van der Waals surface area contributed by atoms with Crippen molar-refractivity contribution in [2.45, 2.75) is 0 Å². The highest BCUT2D eigenvalue weighted by Crippen LogP contribution is 2.05. The van der Waals surface area contributed by atoms with Crippen LogP contribution < -0.4 is 0 Å². The van der Waals surface area contributed by atoms with E-state index in [1.165, 1.54) is 0 Å². The zero-order chi connectivity index (χ0) is 12.1. The quantitative estimate of drug-likeness (QED) is 0.597. The molecule has 2 rings (SSSR count). The highest BCUT2D eigenvalue weighted by Gasteiger charge is 1.93. The summed E-state index contributed by atoms with van der Waals surface area (Å²) in [5, 5.41) is 7.80. The first kappa shape index (κ1) is 11.1. The Morgan fingerprint density at radius 2 is 1.29 bits per heavy atom. The first-order valence-corrected chi connectivity index (χ1v) is 5.27. The lowest BCUT2D eigenvalue weighted by molar-refractivity contribution is 1.41. The summed E-state index contributed by atoms with van der Waals surface area (Å²) in [6.07, 6.45) is 0. The van der Waals surface area contributed by atoms with E-state index in [1.54, 1.807) is 0 Å². The molecule has 0 unspecified atom stereocenters. The first-order valence-electron chi connectivity index (χ1n) is 5.27. The minimum absolute atomic E-state index is 0.111. The van der Waals surface area contributed by atoms with E-state index >= 15 is 0 Å². The largest absolute Gasteiger partial charge is 0.482 e. The molecule has 3 nitrogen and oxygen atoms in total. The molecule has 0 heterocycles. The van der Waals surface area contributed by atoms with Crippen LogP contribution in [-0.2, 0) is 0 Å². The predicted molar refractivity (Wildman–Crippen MR) is 70.6 cm³/mol. The lowest BCUT2D eigenvalue weighted by Gasteiger charge is -2.11. The number of amidine groups is 2. The van der Waals surface area contributed by atoms with Gasteiger partial charge in [0, 0.05) is 5.84 Å². The number of aliphatic imine (C=N–C) groups is 1. The highest BCUT2D eigenvalue weighted by molar-refractivity contribution is 6.13. The second-order valence-electron chi connectivity index (χ2n) is 3.54. The fourth-order valence-electron chi connectivity index (χ4n) is 1.43. The molecule has 0 radical (unpaired) electrons. The van der Waals surface area contributed by atoms with Crippen LogP contribution in [-0.4, -0.2) is 11.7 Å². The van der Waals surface area contributed by atoms with E-state index in [9.17, 15) is 0 Å². The molecule has 0 aliphatic heterocycles. The summed E-state index contributed by atoms with van der Waals surface area (Å²) in [6.45, 7) is 0. The molecule has 0 saturated carbocycles.